The van der Waals surface area contributed by atoms with E-state index in [0.29, 0.717) is 5.95 Å². The highest BCUT2D eigenvalue weighted by molar-refractivity contribution is 7.89. The molecule has 0 atom stereocenters. The van der Waals surface area contributed by atoms with E-state index in [1.54, 1.807) is 35.3 Å². The minimum absolute atomic E-state index is 0.0276. The van der Waals surface area contributed by atoms with Gasteiger partial charge in [-0.05, 0) is 18.4 Å². The largest absolute Gasteiger partial charge is 0.379 e. The summed E-state index contributed by atoms with van der Waals surface area (Å²) in [5, 5.41) is 23.8. The minimum Gasteiger partial charge on any atom is -0.379 e. The molecule has 0 saturated carbocycles. The molecule has 40 heavy (non-hydrogen) atoms. The van der Waals surface area contributed by atoms with Gasteiger partial charge in [-0.2, -0.15) is 19.8 Å². The molecule has 2 aliphatic heterocycles. The molecule has 210 valence electrons. The molecule has 2 saturated heterocycles. The summed E-state index contributed by atoms with van der Waals surface area (Å²) < 4.78 is 36.0. The Morgan fingerprint density at radius 2 is 1.98 bits per heavy atom. The lowest BCUT2D eigenvalue weighted by Gasteiger charge is -2.47. The molecule has 0 amide bonds. The fourth-order valence-corrected chi connectivity index (χ4v) is 7.12. The molecule has 6 rings (SSSR count). The standard InChI is InChI=1S/C25H30N10O3S2/c1-2-40(36,37)34-17-25(18-34,4-5-26)35-15-19(13-28-35)22-23-21(3-12-39-23)30-24(31-22)29-20-14-27-33(16-20)7-6-32-8-10-38-11-9-32/h3,12-16H,2,4,6-11,17-18H2,1H3,(H,29,30,31). The second-order valence-corrected chi connectivity index (χ2v) is 13.2. The van der Waals surface area contributed by atoms with Gasteiger partial charge >= 0.3 is 0 Å². The van der Waals surface area contributed by atoms with Crippen LogP contribution in [-0.4, -0.2) is 98.8 Å². The molecule has 15 heteroatoms. The van der Waals surface area contributed by atoms with Gasteiger partial charge in [-0.25, -0.2) is 18.4 Å². The zero-order valence-electron chi connectivity index (χ0n) is 22.1. The smallest absolute Gasteiger partial charge is 0.228 e. The van der Waals surface area contributed by atoms with E-state index in [1.165, 1.54) is 4.31 Å². The average molecular weight is 583 g/mol. The van der Waals surface area contributed by atoms with Crippen LogP contribution in [0, 0.1) is 11.3 Å². The third-order valence-electron chi connectivity index (χ3n) is 7.39. The SMILES string of the molecule is CCS(=O)(=O)N1CC(CC#N)(n2cc(-c3nc(Nc4cnn(CCN5CCOCC5)c4)nc4ccsc34)cn2)C1. The van der Waals surface area contributed by atoms with Crippen LogP contribution in [-0.2, 0) is 26.8 Å². The highest BCUT2D eigenvalue weighted by Crippen LogP contribution is 2.37. The fraction of sp³-hybridized carbons (Fsp3) is 0.480. The summed E-state index contributed by atoms with van der Waals surface area (Å²) in [5.41, 5.74) is 2.39. The fourth-order valence-electron chi connectivity index (χ4n) is 5.04. The van der Waals surface area contributed by atoms with Crippen molar-refractivity contribution >= 4 is 43.2 Å². The van der Waals surface area contributed by atoms with Gasteiger partial charge in [-0.3, -0.25) is 14.3 Å². The molecule has 0 radical (unpaired) electrons. The summed E-state index contributed by atoms with van der Waals surface area (Å²) >= 11 is 1.54. The van der Waals surface area contributed by atoms with Crippen molar-refractivity contribution in [2.24, 2.45) is 0 Å². The van der Waals surface area contributed by atoms with Crippen LogP contribution in [0.4, 0.5) is 11.6 Å². The van der Waals surface area contributed by atoms with E-state index in [4.69, 9.17) is 9.72 Å². The summed E-state index contributed by atoms with van der Waals surface area (Å²) in [5.74, 6) is 0.469. The maximum atomic E-state index is 12.3. The second kappa shape index (κ2) is 10.9. The topological polar surface area (TPSA) is 147 Å². The molecule has 2 fully saturated rings. The first-order chi connectivity index (χ1) is 19.4. The predicted octanol–water partition coefficient (Wildman–Crippen LogP) is 2.10. The lowest BCUT2D eigenvalue weighted by Crippen LogP contribution is -2.64. The van der Waals surface area contributed by atoms with Crippen molar-refractivity contribution < 1.29 is 13.2 Å². The molecule has 2 aliphatic rings. The summed E-state index contributed by atoms with van der Waals surface area (Å²) in [7, 11) is -3.33. The molecule has 0 aromatic carbocycles. The molecule has 6 heterocycles. The molecule has 0 aliphatic carbocycles. The Morgan fingerprint density at radius 3 is 2.75 bits per heavy atom. The number of aromatic nitrogens is 6. The summed E-state index contributed by atoms with van der Waals surface area (Å²) in [6.07, 6.45) is 7.42. The molecule has 4 aromatic rings. The van der Waals surface area contributed by atoms with Crippen LogP contribution in [0.15, 0.2) is 36.2 Å². The van der Waals surface area contributed by atoms with E-state index in [-0.39, 0.29) is 25.3 Å². The molecule has 1 N–H and O–H groups in total. The number of anilines is 2. The zero-order valence-corrected chi connectivity index (χ0v) is 23.7. The lowest BCUT2D eigenvalue weighted by atomic mass is 9.89. The van der Waals surface area contributed by atoms with Crippen LogP contribution in [0.1, 0.15) is 13.3 Å². The molecular formula is C25H30N10O3S2. The summed E-state index contributed by atoms with van der Waals surface area (Å²) in [6, 6.07) is 4.15. The van der Waals surface area contributed by atoms with Gasteiger partial charge in [0.1, 0.15) is 5.54 Å². The van der Waals surface area contributed by atoms with Crippen molar-refractivity contribution in [3.8, 4) is 17.3 Å². The molecule has 13 nitrogen and oxygen atoms in total. The maximum absolute atomic E-state index is 12.3. The Labute approximate surface area is 236 Å². The van der Waals surface area contributed by atoms with Gasteiger partial charge in [0, 0.05) is 50.7 Å². The number of rotatable bonds is 10. The van der Waals surface area contributed by atoms with Crippen molar-refractivity contribution in [3.05, 3.63) is 36.2 Å². The Hall–Kier alpha value is -3.42. The van der Waals surface area contributed by atoms with Crippen molar-refractivity contribution in [1.29, 1.82) is 5.26 Å². The number of sulfonamides is 1. The Bertz CT molecular complexity index is 1640. The summed E-state index contributed by atoms with van der Waals surface area (Å²) in [4.78, 5) is 11.9. The van der Waals surface area contributed by atoms with Gasteiger partial charge in [-0.15, -0.1) is 11.3 Å². The lowest BCUT2D eigenvalue weighted by molar-refractivity contribution is 0.0360. The summed E-state index contributed by atoms with van der Waals surface area (Å²) in [6.45, 7) is 7.17. The van der Waals surface area contributed by atoms with Gasteiger partial charge in [0.05, 0.1) is 72.0 Å². The number of morpholine rings is 1. The Kier molecular flexibility index (Phi) is 7.27. The Morgan fingerprint density at radius 1 is 1.15 bits per heavy atom. The number of fused-ring (bicyclic) bond motifs is 1. The first-order valence-corrected chi connectivity index (χ1v) is 15.6. The third kappa shape index (κ3) is 5.20. The van der Waals surface area contributed by atoms with E-state index in [2.05, 4.69) is 31.5 Å². The number of nitrogens with one attached hydrogen (secondary N) is 1. The van der Waals surface area contributed by atoms with Gasteiger partial charge in [-0.1, -0.05) is 0 Å². The Balaban J connectivity index is 1.22. The number of hydrogen-bond donors (Lipinski definition) is 1. The van der Waals surface area contributed by atoms with Crippen molar-refractivity contribution in [2.45, 2.75) is 25.4 Å². The van der Waals surface area contributed by atoms with Crippen LogP contribution in [0.2, 0.25) is 0 Å². The van der Waals surface area contributed by atoms with Crippen LogP contribution < -0.4 is 5.32 Å². The molecule has 0 spiro atoms. The molecule has 0 unspecified atom stereocenters. The van der Waals surface area contributed by atoms with Gasteiger partial charge < -0.3 is 10.1 Å². The van der Waals surface area contributed by atoms with Crippen LogP contribution in [0.5, 0.6) is 0 Å². The van der Waals surface area contributed by atoms with Gasteiger partial charge in [0.2, 0.25) is 16.0 Å². The minimum atomic E-state index is -3.33. The van der Waals surface area contributed by atoms with Crippen LogP contribution in [0.25, 0.3) is 21.5 Å². The van der Waals surface area contributed by atoms with Crippen LogP contribution in [0.3, 0.4) is 0 Å². The zero-order chi connectivity index (χ0) is 27.7. The molecular weight excluding hydrogens is 552 g/mol. The van der Waals surface area contributed by atoms with Crippen molar-refractivity contribution in [2.75, 3.05) is 57.0 Å². The number of thiophene rings is 1. The third-order valence-corrected chi connectivity index (χ3v) is 10.1. The predicted molar refractivity (Wildman–Crippen MR) is 151 cm³/mol. The number of nitriles is 1. The number of nitrogens with zero attached hydrogens (tertiary/aromatic N) is 9. The monoisotopic (exact) mass is 582 g/mol. The van der Waals surface area contributed by atoms with E-state index in [9.17, 15) is 13.7 Å². The normalized spacial score (nSPS) is 18.0. The highest BCUT2D eigenvalue weighted by atomic mass is 32.2. The number of ether oxygens (including phenoxy) is 1. The molecule has 4 aromatic heterocycles. The highest BCUT2D eigenvalue weighted by Gasteiger charge is 2.49. The van der Waals surface area contributed by atoms with Crippen molar-refractivity contribution in [3.63, 3.8) is 0 Å². The maximum Gasteiger partial charge on any atom is 0.228 e. The van der Waals surface area contributed by atoms with Crippen molar-refractivity contribution in [1.82, 2.24) is 38.7 Å². The van der Waals surface area contributed by atoms with E-state index < -0.39 is 15.6 Å². The van der Waals surface area contributed by atoms with Gasteiger partial charge in [0.15, 0.2) is 0 Å². The van der Waals surface area contributed by atoms with Crippen LogP contribution >= 0.6 is 11.3 Å². The van der Waals surface area contributed by atoms with E-state index in [0.717, 1.165) is 66.6 Å². The first-order valence-electron chi connectivity index (χ1n) is 13.1. The quantitative estimate of drug-likeness (QED) is 0.295. The molecule has 0 bridgehead atoms. The van der Waals surface area contributed by atoms with E-state index >= 15 is 0 Å². The first kappa shape index (κ1) is 26.8. The number of hydrogen-bond acceptors (Lipinski definition) is 11. The van der Waals surface area contributed by atoms with E-state index in [1.807, 2.05) is 28.5 Å². The van der Waals surface area contributed by atoms with Gasteiger partial charge in [0.25, 0.3) is 0 Å². The second-order valence-electron chi connectivity index (χ2n) is 10.0. The average Bonchev–Trinajstić information content (AvgIpc) is 3.71.